The second kappa shape index (κ2) is 7.97. The van der Waals surface area contributed by atoms with Crippen molar-refractivity contribution in [1.29, 1.82) is 16.6 Å². The molecule has 2 aromatic rings. The first-order chi connectivity index (χ1) is 14.6. The molecule has 0 amide bonds. The van der Waals surface area contributed by atoms with Crippen LogP contribution in [0.5, 0.6) is 0 Å². The summed E-state index contributed by atoms with van der Waals surface area (Å²) in [6.07, 6.45) is 3.05. The molecule has 2 aromatic carbocycles. The van der Waals surface area contributed by atoms with E-state index in [9.17, 15) is 4.79 Å². The predicted octanol–water partition coefficient (Wildman–Crippen LogP) is 5.72. The fraction of sp³-hybridized carbons (Fsp3) is 0.435. The molecule has 2 saturated carbocycles. The highest BCUT2D eigenvalue weighted by molar-refractivity contribution is 5.95. The van der Waals surface area contributed by atoms with Crippen LogP contribution in [-0.4, -0.2) is 23.4 Å². The van der Waals surface area contributed by atoms with Crippen molar-refractivity contribution in [2.75, 3.05) is 0 Å². The van der Waals surface area contributed by atoms with E-state index in [0.717, 1.165) is 11.1 Å². The third-order valence-electron chi connectivity index (χ3n) is 7.15. The summed E-state index contributed by atoms with van der Waals surface area (Å²) in [5.74, 6) is -0.353. The summed E-state index contributed by atoms with van der Waals surface area (Å²) >= 11 is 0. The lowest BCUT2D eigenvalue weighted by Crippen LogP contribution is -2.44. The number of benzene rings is 2. The van der Waals surface area contributed by atoms with Crippen molar-refractivity contribution < 1.29 is 4.79 Å². The van der Waals surface area contributed by atoms with Gasteiger partial charge in [0.25, 0.3) is 0 Å². The Hall–Kier alpha value is -3.09. The molecule has 1 spiro atoms. The van der Waals surface area contributed by atoms with Crippen LogP contribution in [0.25, 0.3) is 0 Å². The number of nitrogens with one attached hydrogen (secondary N) is 3. The van der Waals surface area contributed by atoms with Gasteiger partial charge in [-0.15, -0.1) is 0 Å². The zero-order valence-corrected chi connectivity index (χ0v) is 16.8. The topological polar surface area (TPSA) is 126 Å². The molecule has 0 aromatic heterocycles. The monoisotopic (exact) mass is 402 g/mol. The molecule has 30 heavy (non-hydrogen) atoms. The number of carbonyl (C=O) groups is 1. The Morgan fingerprint density at radius 2 is 1.43 bits per heavy atom. The van der Waals surface area contributed by atoms with Gasteiger partial charge in [0.05, 0.1) is 5.54 Å². The molecule has 2 fully saturated rings. The Kier molecular flexibility index (Phi) is 5.37. The molecule has 3 atom stereocenters. The van der Waals surface area contributed by atoms with Crippen LogP contribution in [0.15, 0.2) is 76.0 Å². The van der Waals surface area contributed by atoms with Crippen LogP contribution in [0.1, 0.15) is 42.7 Å². The van der Waals surface area contributed by atoms with Crippen LogP contribution in [0.3, 0.4) is 0 Å². The van der Waals surface area contributed by atoms with Gasteiger partial charge in [0, 0.05) is 11.3 Å². The zero-order chi connectivity index (χ0) is 21.2. The first-order valence-corrected chi connectivity index (χ1v) is 10.3. The van der Waals surface area contributed by atoms with E-state index in [4.69, 9.17) is 16.6 Å². The summed E-state index contributed by atoms with van der Waals surface area (Å²) in [4.78, 5) is 13.5. The molecule has 3 unspecified atom stereocenters. The van der Waals surface area contributed by atoms with Crippen LogP contribution < -0.4 is 0 Å². The van der Waals surface area contributed by atoms with E-state index in [2.05, 4.69) is 27.5 Å². The van der Waals surface area contributed by atoms with Crippen molar-refractivity contribution in [2.24, 2.45) is 20.8 Å². The standard InChI is InChI=1S/C23H26N6O/c24-27-19-18(17-9-5-2-6-10-17)23(21(30)20(19)28-25)13-11-22(29-26,12-14-23)15-16-7-3-1-4-8-16/h1-10,18-20,24-26H,11-15H2. The fourth-order valence-corrected chi connectivity index (χ4v) is 5.59. The van der Waals surface area contributed by atoms with E-state index < -0.39 is 23.0 Å². The summed E-state index contributed by atoms with van der Waals surface area (Å²) < 4.78 is 0. The molecular formula is C23H26N6O. The van der Waals surface area contributed by atoms with Crippen LogP contribution in [0.4, 0.5) is 0 Å². The smallest absolute Gasteiger partial charge is 0.168 e. The summed E-state index contributed by atoms with van der Waals surface area (Å²) in [7, 11) is 0. The van der Waals surface area contributed by atoms with Crippen molar-refractivity contribution in [3.8, 4) is 0 Å². The predicted molar refractivity (Wildman–Crippen MR) is 111 cm³/mol. The average molecular weight is 403 g/mol. The molecule has 2 aliphatic carbocycles. The van der Waals surface area contributed by atoms with Gasteiger partial charge in [-0.05, 0) is 43.2 Å². The second-order valence-corrected chi connectivity index (χ2v) is 8.60. The highest BCUT2D eigenvalue weighted by Gasteiger charge is 2.63. The van der Waals surface area contributed by atoms with Crippen LogP contribution in [-0.2, 0) is 11.2 Å². The lowest BCUT2D eigenvalue weighted by atomic mass is 9.60. The van der Waals surface area contributed by atoms with Crippen LogP contribution in [0.2, 0.25) is 0 Å². The maximum atomic E-state index is 13.5. The van der Waals surface area contributed by atoms with E-state index in [0.29, 0.717) is 32.1 Å². The second-order valence-electron chi connectivity index (χ2n) is 8.60. The van der Waals surface area contributed by atoms with E-state index in [1.165, 1.54) is 0 Å². The lowest BCUT2D eigenvalue weighted by Gasteiger charge is -2.44. The maximum absolute atomic E-state index is 13.5. The van der Waals surface area contributed by atoms with E-state index in [-0.39, 0.29) is 11.7 Å². The minimum Gasteiger partial charge on any atom is -0.296 e. The van der Waals surface area contributed by atoms with Crippen molar-refractivity contribution in [2.45, 2.75) is 55.6 Å². The molecular weight excluding hydrogens is 376 g/mol. The Morgan fingerprint density at radius 3 is 1.97 bits per heavy atom. The van der Waals surface area contributed by atoms with Gasteiger partial charge < -0.3 is 0 Å². The number of nitrogens with zero attached hydrogens (tertiary/aromatic N) is 3. The molecule has 2 aliphatic rings. The SMILES string of the molecule is N=NC1C(=O)C2(CCC(Cc3ccccc3)(N=N)CC2)C(c2ccccc2)C1N=N. The lowest BCUT2D eigenvalue weighted by molar-refractivity contribution is -0.129. The van der Waals surface area contributed by atoms with Gasteiger partial charge in [-0.3, -0.25) is 4.79 Å². The number of ketones is 1. The van der Waals surface area contributed by atoms with Crippen molar-refractivity contribution in [3.05, 3.63) is 71.8 Å². The highest BCUT2D eigenvalue weighted by atomic mass is 16.1. The minimum atomic E-state index is -0.901. The summed E-state index contributed by atoms with van der Waals surface area (Å²) in [5, 5.41) is 11.4. The quantitative estimate of drug-likeness (QED) is 0.525. The third kappa shape index (κ3) is 3.18. The Balaban J connectivity index is 1.68. The van der Waals surface area contributed by atoms with Gasteiger partial charge in [0.15, 0.2) is 11.8 Å². The first-order valence-electron chi connectivity index (χ1n) is 10.3. The molecule has 154 valence electrons. The van der Waals surface area contributed by atoms with Crippen LogP contribution in [0, 0.1) is 22.0 Å². The number of Topliss-reactive ketones (excluding diaryl/α,β-unsaturated/α-hetero) is 1. The molecule has 4 rings (SSSR count). The largest absolute Gasteiger partial charge is 0.296 e. The molecule has 0 aliphatic heterocycles. The first kappa shape index (κ1) is 20.2. The summed E-state index contributed by atoms with van der Waals surface area (Å²) in [5.41, 5.74) is 24.1. The van der Waals surface area contributed by atoms with Gasteiger partial charge in [-0.1, -0.05) is 60.7 Å². The molecule has 0 heterocycles. The van der Waals surface area contributed by atoms with Gasteiger partial charge in [0.2, 0.25) is 0 Å². The Morgan fingerprint density at radius 1 is 0.833 bits per heavy atom. The Bertz CT molecular complexity index is 937. The fourth-order valence-electron chi connectivity index (χ4n) is 5.59. The molecule has 7 heteroatoms. The van der Waals surface area contributed by atoms with Crippen molar-refractivity contribution in [1.82, 2.24) is 0 Å². The van der Waals surface area contributed by atoms with E-state index in [1.54, 1.807) is 0 Å². The molecule has 0 saturated heterocycles. The normalized spacial score (nSPS) is 33.3. The minimum absolute atomic E-state index is 0.0781. The molecule has 0 bridgehead atoms. The number of hydrogen-bond donors (Lipinski definition) is 3. The molecule has 0 radical (unpaired) electrons. The van der Waals surface area contributed by atoms with E-state index in [1.807, 2.05) is 48.5 Å². The van der Waals surface area contributed by atoms with Crippen LogP contribution >= 0.6 is 0 Å². The van der Waals surface area contributed by atoms with Gasteiger partial charge in [-0.2, -0.15) is 15.3 Å². The van der Waals surface area contributed by atoms with Crippen molar-refractivity contribution in [3.63, 3.8) is 0 Å². The third-order valence-corrected chi connectivity index (χ3v) is 7.15. The molecule has 7 nitrogen and oxygen atoms in total. The van der Waals surface area contributed by atoms with E-state index >= 15 is 0 Å². The zero-order valence-electron chi connectivity index (χ0n) is 16.8. The number of hydrogen-bond acceptors (Lipinski definition) is 7. The van der Waals surface area contributed by atoms with Gasteiger partial charge >= 0.3 is 0 Å². The Labute approximate surface area is 175 Å². The number of carbonyl (C=O) groups excluding carboxylic acids is 1. The van der Waals surface area contributed by atoms with Gasteiger partial charge in [-0.25, -0.2) is 16.6 Å². The summed E-state index contributed by atoms with van der Waals surface area (Å²) in [6, 6.07) is 18.3. The number of rotatable bonds is 6. The molecule has 3 N–H and O–H groups in total. The summed E-state index contributed by atoms with van der Waals surface area (Å²) in [6.45, 7) is 0. The highest BCUT2D eigenvalue weighted by Crippen LogP contribution is 2.59. The maximum Gasteiger partial charge on any atom is 0.168 e. The average Bonchev–Trinajstić information content (AvgIpc) is 3.04. The van der Waals surface area contributed by atoms with Gasteiger partial charge in [0.1, 0.15) is 6.04 Å². The van der Waals surface area contributed by atoms with Crippen molar-refractivity contribution >= 4 is 5.78 Å².